The van der Waals surface area contributed by atoms with Crippen molar-refractivity contribution in [1.29, 1.82) is 0 Å². The van der Waals surface area contributed by atoms with Gasteiger partial charge < -0.3 is 5.32 Å². The predicted molar refractivity (Wildman–Crippen MR) is 114 cm³/mol. The Labute approximate surface area is 164 Å². The maximum atomic E-state index is 13.2. The lowest BCUT2D eigenvalue weighted by Crippen LogP contribution is -2.07. The van der Waals surface area contributed by atoms with E-state index >= 15 is 0 Å². The lowest BCUT2D eigenvalue weighted by molar-refractivity contribution is 0.103. The molecule has 0 fully saturated rings. The molecular weight excluding hydrogens is 350 g/mol. The molecule has 4 rings (SSSR count). The summed E-state index contributed by atoms with van der Waals surface area (Å²) in [6.45, 7) is 2.08. The van der Waals surface area contributed by atoms with Gasteiger partial charge in [-0.05, 0) is 30.5 Å². The third kappa shape index (κ3) is 3.83. The molecule has 0 saturated heterocycles. The molecule has 1 N–H and O–H groups in total. The number of aryl methyl sites for hydroxylation is 1. The molecule has 2 nitrogen and oxygen atoms in total. The SMILES string of the molecule is Cc1ccccc1NC1=C(C(=O)c2ccccc2)CC(c2ccccc2)S1. The number of Topliss-reactive ketones (excluding diaryl/α,β-unsaturated/α-hetero) is 1. The Balaban J connectivity index is 1.69. The number of carbonyl (C=O) groups is 1. The maximum absolute atomic E-state index is 13.2. The number of hydrogen-bond acceptors (Lipinski definition) is 3. The molecule has 0 saturated carbocycles. The van der Waals surface area contributed by atoms with E-state index in [1.807, 2.05) is 48.5 Å². The molecule has 0 spiro atoms. The minimum Gasteiger partial charge on any atom is -0.350 e. The fraction of sp³-hybridized carbons (Fsp3) is 0.125. The van der Waals surface area contributed by atoms with Crippen LogP contribution in [0.3, 0.4) is 0 Å². The summed E-state index contributed by atoms with van der Waals surface area (Å²) in [5.74, 6) is 0.109. The molecule has 3 aromatic rings. The number of carbonyl (C=O) groups excluding carboxylic acids is 1. The van der Waals surface area contributed by atoms with Gasteiger partial charge in [-0.2, -0.15) is 0 Å². The highest BCUT2D eigenvalue weighted by molar-refractivity contribution is 8.03. The lowest BCUT2D eigenvalue weighted by atomic mass is 9.98. The highest BCUT2D eigenvalue weighted by Gasteiger charge is 2.31. The lowest BCUT2D eigenvalue weighted by Gasteiger charge is -2.13. The minimum absolute atomic E-state index is 0.109. The van der Waals surface area contributed by atoms with Crippen LogP contribution in [-0.4, -0.2) is 5.78 Å². The highest BCUT2D eigenvalue weighted by Crippen LogP contribution is 2.48. The van der Waals surface area contributed by atoms with Gasteiger partial charge in [0, 0.05) is 22.1 Å². The van der Waals surface area contributed by atoms with Crippen molar-refractivity contribution in [3.8, 4) is 0 Å². The summed E-state index contributed by atoms with van der Waals surface area (Å²) in [6.07, 6.45) is 0.733. The van der Waals surface area contributed by atoms with Gasteiger partial charge >= 0.3 is 0 Å². The first-order chi connectivity index (χ1) is 13.2. The van der Waals surface area contributed by atoms with E-state index in [1.54, 1.807) is 11.8 Å². The van der Waals surface area contributed by atoms with E-state index in [9.17, 15) is 4.79 Å². The number of thioether (sulfide) groups is 1. The number of ketones is 1. The molecule has 1 atom stereocenters. The Bertz CT molecular complexity index is 980. The van der Waals surface area contributed by atoms with Crippen molar-refractivity contribution in [2.24, 2.45) is 0 Å². The number of hydrogen-bond donors (Lipinski definition) is 1. The number of nitrogens with one attached hydrogen (secondary N) is 1. The van der Waals surface area contributed by atoms with Crippen molar-refractivity contribution < 1.29 is 4.79 Å². The van der Waals surface area contributed by atoms with Crippen LogP contribution in [0, 0.1) is 6.92 Å². The molecule has 3 aromatic carbocycles. The molecule has 1 heterocycles. The van der Waals surface area contributed by atoms with Gasteiger partial charge in [0.2, 0.25) is 0 Å². The molecule has 134 valence electrons. The van der Waals surface area contributed by atoms with E-state index in [4.69, 9.17) is 0 Å². The van der Waals surface area contributed by atoms with Gasteiger partial charge in [-0.1, -0.05) is 90.6 Å². The Morgan fingerprint density at radius 1 is 0.889 bits per heavy atom. The van der Waals surface area contributed by atoms with Crippen molar-refractivity contribution in [3.05, 3.63) is 112 Å². The third-order valence-corrected chi connectivity index (χ3v) is 6.11. The first-order valence-corrected chi connectivity index (χ1v) is 9.97. The van der Waals surface area contributed by atoms with Gasteiger partial charge in [0.25, 0.3) is 0 Å². The van der Waals surface area contributed by atoms with E-state index in [1.165, 1.54) is 11.1 Å². The summed E-state index contributed by atoms with van der Waals surface area (Å²) in [5, 5.41) is 4.75. The van der Waals surface area contributed by atoms with E-state index in [-0.39, 0.29) is 11.0 Å². The minimum atomic E-state index is 0.109. The van der Waals surface area contributed by atoms with Crippen molar-refractivity contribution in [1.82, 2.24) is 0 Å². The van der Waals surface area contributed by atoms with Crippen molar-refractivity contribution in [3.63, 3.8) is 0 Å². The third-order valence-electron chi connectivity index (χ3n) is 4.80. The molecule has 0 aromatic heterocycles. The highest BCUT2D eigenvalue weighted by atomic mass is 32.2. The average molecular weight is 372 g/mol. The molecule has 0 bridgehead atoms. The average Bonchev–Trinajstić information content (AvgIpc) is 3.14. The molecule has 0 aliphatic carbocycles. The first kappa shape index (κ1) is 17.6. The number of benzene rings is 3. The maximum Gasteiger partial charge on any atom is 0.191 e. The van der Waals surface area contributed by atoms with Gasteiger partial charge in [0.05, 0.1) is 5.03 Å². The summed E-state index contributed by atoms with van der Waals surface area (Å²) in [4.78, 5) is 13.2. The Kier molecular flexibility index (Phi) is 5.12. The number of anilines is 1. The monoisotopic (exact) mass is 371 g/mol. The molecule has 1 unspecified atom stereocenters. The Hall–Kier alpha value is -2.78. The largest absolute Gasteiger partial charge is 0.350 e. The molecular formula is C24H21NOS. The Morgan fingerprint density at radius 2 is 1.52 bits per heavy atom. The van der Waals surface area contributed by atoms with E-state index in [2.05, 4.69) is 48.6 Å². The summed E-state index contributed by atoms with van der Waals surface area (Å²) >= 11 is 1.75. The molecule has 1 aliphatic heterocycles. The second-order valence-electron chi connectivity index (χ2n) is 6.66. The van der Waals surface area contributed by atoms with Crippen LogP contribution in [0.4, 0.5) is 5.69 Å². The zero-order valence-corrected chi connectivity index (χ0v) is 16.0. The predicted octanol–water partition coefficient (Wildman–Crippen LogP) is 6.38. The molecule has 3 heteroatoms. The number of rotatable bonds is 5. The van der Waals surface area contributed by atoms with Crippen molar-refractivity contribution >= 4 is 23.2 Å². The van der Waals surface area contributed by atoms with E-state index < -0.39 is 0 Å². The van der Waals surface area contributed by atoms with Crippen LogP contribution in [0.15, 0.2) is 95.5 Å². The van der Waals surface area contributed by atoms with Gasteiger partial charge in [-0.3, -0.25) is 4.79 Å². The molecule has 27 heavy (non-hydrogen) atoms. The van der Waals surface area contributed by atoms with E-state index in [0.717, 1.165) is 28.3 Å². The summed E-state index contributed by atoms with van der Waals surface area (Å²) in [6, 6.07) is 28.1. The van der Waals surface area contributed by atoms with Crippen LogP contribution in [0.25, 0.3) is 0 Å². The molecule has 0 radical (unpaired) electrons. The fourth-order valence-corrected chi connectivity index (χ4v) is 4.60. The van der Waals surface area contributed by atoms with Crippen LogP contribution < -0.4 is 5.32 Å². The van der Waals surface area contributed by atoms with Crippen LogP contribution >= 0.6 is 11.8 Å². The van der Waals surface area contributed by atoms with Gasteiger partial charge in [-0.15, -0.1) is 0 Å². The van der Waals surface area contributed by atoms with Crippen molar-refractivity contribution in [2.45, 2.75) is 18.6 Å². The summed E-state index contributed by atoms with van der Waals surface area (Å²) in [7, 11) is 0. The van der Waals surface area contributed by atoms with Crippen LogP contribution in [0.2, 0.25) is 0 Å². The summed E-state index contributed by atoms with van der Waals surface area (Å²) < 4.78 is 0. The molecule has 0 amide bonds. The standard InChI is InChI=1S/C24H21NOS/c1-17-10-8-9-15-21(17)25-24-20(23(26)19-13-6-3-7-14-19)16-22(27-24)18-11-4-2-5-12-18/h2-15,22,25H,16H2,1H3. The summed E-state index contributed by atoms with van der Waals surface area (Å²) in [5.41, 5.74) is 5.07. The van der Waals surface area contributed by atoms with Gasteiger partial charge in [0.1, 0.15) is 0 Å². The zero-order valence-electron chi connectivity index (χ0n) is 15.2. The van der Waals surface area contributed by atoms with Crippen LogP contribution in [0.5, 0.6) is 0 Å². The van der Waals surface area contributed by atoms with Crippen LogP contribution in [-0.2, 0) is 0 Å². The molecule has 1 aliphatic rings. The Morgan fingerprint density at radius 3 is 2.22 bits per heavy atom. The fourth-order valence-electron chi connectivity index (χ4n) is 3.29. The van der Waals surface area contributed by atoms with Crippen LogP contribution in [0.1, 0.15) is 33.2 Å². The second kappa shape index (κ2) is 7.85. The smallest absolute Gasteiger partial charge is 0.191 e. The van der Waals surface area contributed by atoms with Gasteiger partial charge in [0.15, 0.2) is 5.78 Å². The van der Waals surface area contributed by atoms with Crippen molar-refractivity contribution in [2.75, 3.05) is 5.32 Å². The number of allylic oxidation sites excluding steroid dienone is 1. The van der Waals surface area contributed by atoms with Gasteiger partial charge in [-0.25, -0.2) is 0 Å². The second-order valence-corrected chi connectivity index (χ2v) is 7.88. The topological polar surface area (TPSA) is 29.1 Å². The quantitative estimate of drug-likeness (QED) is 0.528. The van der Waals surface area contributed by atoms with E-state index in [0.29, 0.717) is 0 Å². The normalized spacial score (nSPS) is 16.4. The zero-order chi connectivity index (χ0) is 18.6. The number of para-hydroxylation sites is 1. The first-order valence-electron chi connectivity index (χ1n) is 9.09.